The van der Waals surface area contributed by atoms with E-state index < -0.39 is 0 Å². The third-order valence-corrected chi connectivity index (χ3v) is 5.46. The lowest BCUT2D eigenvalue weighted by Gasteiger charge is -2.26. The van der Waals surface area contributed by atoms with Gasteiger partial charge in [-0.25, -0.2) is 0 Å². The van der Waals surface area contributed by atoms with E-state index in [9.17, 15) is 9.59 Å². The second-order valence-corrected chi connectivity index (χ2v) is 7.82. The number of aromatic amines is 1. The van der Waals surface area contributed by atoms with Gasteiger partial charge in [0.2, 0.25) is 11.8 Å². The number of rotatable bonds is 6. The number of hydrogen-bond acceptors (Lipinski definition) is 4. The number of amides is 2. The molecule has 2 aromatic rings. The summed E-state index contributed by atoms with van der Waals surface area (Å²) in [6.07, 6.45) is 3.06. The van der Waals surface area contributed by atoms with Crippen LogP contribution in [0.2, 0.25) is 0 Å². The molecule has 0 bridgehead atoms. The van der Waals surface area contributed by atoms with Crippen molar-refractivity contribution in [1.29, 1.82) is 0 Å². The number of benzene rings is 1. The molecule has 2 amide bonds. The molecule has 0 unspecified atom stereocenters. The standard InChI is InChI=1S/C17H19BrN4O2S/c18-13-1-3-14(4-2-13)20-16(23)11-25-8-6-17(24)22-7-5-15-12(10-22)9-19-21-15/h1-4,9H,5-8,10-11H2,(H,19,21)(H,20,23). The largest absolute Gasteiger partial charge is 0.338 e. The normalized spacial score (nSPS) is 13.4. The van der Waals surface area contributed by atoms with Gasteiger partial charge >= 0.3 is 0 Å². The lowest BCUT2D eigenvalue weighted by molar-refractivity contribution is -0.131. The van der Waals surface area contributed by atoms with Crippen LogP contribution in [-0.4, -0.2) is 45.0 Å². The Hall–Kier alpha value is -1.80. The van der Waals surface area contributed by atoms with E-state index in [1.54, 1.807) is 6.20 Å². The summed E-state index contributed by atoms with van der Waals surface area (Å²) in [6, 6.07) is 7.45. The van der Waals surface area contributed by atoms with E-state index in [0.717, 1.165) is 34.4 Å². The van der Waals surface area contributed by atoms with Crippen LogP contribution in [0.5, 0.6) is 0 Å². The highest BCUT2D eigenvalue weighted by molar-refractivity contribution is 9.10. The van der Waals surface area contributed by atoms with E-state index in [-0.39, 0.29) is 11.8 Å². The summed E-state index contributed by atoms with van der Waals surface area (Å²) >= 11 is 4.83. The van der Waals surface area contributed by atoms with Crippen molar-refractivity contribution in [3.05, 3.63) is 46.2 Å². The van der Waals surface area contributed by atoms with Crippen molar-refractivity contribution < 1.29 is 9.59 Å². The Kier molecular flexibility index (Phi) is 6.14. The quantitative estimate of drug-likeness (QED) is 0.701. The zero-order valence-electron chi connectivity index (χ0n) is 13.6. The Morgan fingerprint density at radius 2 is 2.12 bits per heavy atom. The summed E-state index contributed by atoms with van der Waals surface area (Å²) in [5, 5.41) is 9.83. The summed E-state index contributed by atoms with van der Waals surface area (Å²) < 4.78 is 0.971. The van der Waals surface area contributed by atoms with Gasteiger partial charge in [-0.05, 0) is 24.3 Å². The first-order valence-corrected chi connectivity index (χ1v) is 9.98. The number of fused-ring (bicyclic) bond motifs is 1. The molecule has 0 saturated heterocycles. The Labute approximate surface area is 158 Å². The highest BCUT2D eigenvalue weighted by atomic mass is 79.9. The minimum Gasteiger partial charge on any atom is -0.338 e. The number of halogens is 1. The van der Waals surface area contributed by atoms with Crippen LogP contribution in [0.25, 0.3) is 0 Å². The van der Waals surface area contributed by atoms with E-state index >= 15 is 0 Å². The smallest absolute Gasteiger partial charge is 0.234 e. The number of anilines is 1. The number of H-pyrrole nitrogens is 1. The Balaban J connectivity index is 1.35. The minimum absolute atomic E-state index is 0.0548. The molecule has 25 heavy (non-hydrogen) atoms. The average Bonchev–Trinajstić information content (AvgIpc) is 3.08. The second kappa shape index (κ2) is 8.53. The maximum absolute atomic E-state index is 12.3. The molecule has 0 aliphatic carbocycles. The summed E-state index contributed by atoms with van der Waals surface area (Å²) in [5.74, 6) is 1.06. The van der Waals surface area contributed by atoms with Crippen molar-refractivity contribution in [2.45, 2.75) is 19.4 Å². The van der Waals surface area contributed by atoms with Crippen LogP contribution < -0.4 is 5.32 Å². The molecule has 1 aliphatic heterocycles. The fourth-order valence-corrected chi connectivity index (χ4v) is 3.63. The summed E-state index contributed by atoms with van der Waals surface area (Å²) in [7, 11) is 0. The number of nitrogens with one attached hydrogen (secondary N) is 2. The second-order valence-electron chi connectivity index (χ2n) is 5.80. The monoisotopic (exact) mass is 422 g/mol. The SMILES string of the molecule is O=C(CSCCC(=O)N1CCc2[nH]ncc2C1)Nc1ccc(Br)cc1. The van der Waals surface area contributed by atoms with Crippen molar-refractivity contribution in [2.24, 2.45) is 0 Å². The molecule has 0 spiro atoms. The average molecular weight is 423 g/mol. The number of nitrogens with zero attached hydrogens (tertiary/aromatic N) is 2. The van der Waals surface area contributed by atoms with E-state index in [4.69, 9.17) is 0 Å². The van der Waals surface area contributed by atoms with Gasteiger partial charge in [-0.3, -0.25) is 14.7 Å². The van der Waals surface area contributed by atoms with Crippen LogP contribution in [0.3, 0.4) is 0 Å². The highest BCUT2D eigenvalue weighted by Gasteiger charge is 2.21. The fraction of sp³-hybridized carbons (Fsp3) is 0.353. The van der Waals surface area contributed by atoms with Gasteiger partial charge in [0.05, 0.1) is 11.9 Å². The van der Waals surface area contributed by atoms with Gasteiger partial charge in [0.25, 0.3) is 0 Å². The summed E-state index contributed by atoms with van der Waals surface area (Å²) in [6.45, 7) is 1.35. The van der Waals surface area contributed by atoms with E-state index in [1.807, 2.05) is 29.2 Å². The molecular formula is C17H19BrN4O2S. The topological polar surface area (TPSA) is 78.1 Å². The predicted molar refractivity (Wildman–Crippen MR) is 102 cm³/mol. The Morgan fingerprint density at radius 1 is 1.32 bits per heavy atom. The van der Waals surface area contributed by atoms with Crippen LogP contribution in [-0.2, 0) is 22.6 Å². The van der Waals surface area contributed by atoms with E-state index in [0.29, 0.717) is 24.5 Å². The van der Waals surface area contributed by atoms with E-state index in [2.05, 4.69) is 31.4 Å². The zero-order valence-corrected chi connectivity index (χ0v) is 16.0. The maximum Gasteiger partial charge on any atom is 0.234 e. The first-order chi connectivity index (χ1) is 12.1. The molecule has 0 fully saturated rings. The lowest BCUT2D eigenvalue weighted by Crippen LogP contribution is -2.35. The Morgan fingerprint density at radius 3 is 2.92 bits per heavy atom. The third kappa shape index (κ3) is 5.09. The number of carbonyl (C=O) groups is 2. The number of carbonyl (C=O) groups excluding carboxylic acids is 2. The molecule has 0 saturated carbocycles. The van der Waals surface area contributed by atoms with Crippen molar-refractivity contribution in [2.75, 3.05) is 23.4 Å². The van der Waals surface area contributed by atoms with Crippen LogP contribution in [0, 0.1) is 0 Å². The molecule has 0 radical (unpaired) electrons. The maximum atomic E-state index is 12.3. The van der Waals surface area contributed by atoms with E-state index in [1.165, 1.54) is 11.8 Å². The predicted octanol–water partition coefficient (Wildman–Crippen LogP) is 2.82. The van der Waals surface area contributed by atoms with Crippen molar-refractivity contribution in [3.8, 4) is 0 Å². The first-order valence-electron chi connectivity index (χ1n) is 8.04. The zero-order chi connectivity index (χ0) is 17.6. The molecule has 6 nitrogen and oxygen atoms in total. The van der Waals surface area contributed by atoms with Crippen molar-refractivity contribution in [1.82, 2.24) is 15.1 Å². The summed E-state index contributed by atoms with van der Waals surface area (Å²) in [5.41, 5.74) is 3.00. The highest BCUT2D eigenvalue weighted by Crippen LogP contribution is 2.18. The molecule has 2 heterocycles. The van der Waals surface area contributed by atoms with Gasteiger partial charge in [0.15, 0.2) is 0 Å². The van der Waals surface area contributed by atoms with Gasteiger partial charge in [0.1, 0.15) is 0 Å². The molecule has 1 aliphatic rings. The molecule has 1 aromatic carbocycles. The van der Waals surface area contributed by atoms with Crippen LogP contribution >= 0.6 is 27.7 Å². The van der Waals surface area contributed by atoms with Gasteiger partial charge in [-0.1, -0.05) is 15.9 Å². The van der Waals surface area contributed by atoms with Crippen LogP contribution in [0.4, 0.5) is 5.69 Å². The molecule has 2 N–H and O–H groups in total. The van der Waals surface area contributed by atoms with Gasteiger partial charge < -0.3 is 10.2 Å². The molecule has 8 heteroatoms. The molecule has 3 rings (SSSR count). The number of hydrogen-bond donors (Lipinski definition) is 2. The van der Waals surface area contributed by atoms with Gasteiger partial charge in [-0.2, -0.15) is 16.9 Å². The summed E-state index contributed by atoms with van der Waals surface area (Å²) in [4.78, 5) is 26.0. The molecule has 1 aromatic heterocycles. The fourth-order valence-electron chi connectivity index (χ4n) is 2.65. The minimum atomic E-state index is -0.0548. The van der Waals surface area contributed by atoms with Crippen molar-refractivity contribution in [3.63, 3.8) is 0 Å². The Bertz CT molecular complexity index is 747. The van der Waals surface area contributed by atoms with Crippen LogP contribution in [0.1, 0.15) is 17.7 Å². The van der Waals surface area contributed by atoms with Gasteiger partial charge in [0, 0.05) is 53.1 Å². The number of aromatic nitrogens is 2. The lowest BCUT2D eigenvalue weighted by atomic mass is 10.1. The third-order valence-electron chi connectivity index (χ3n) is 3.97. The van der Waals surface area contributed by atoms with Crippen molar-refractivity contribution >= 4 is 45.2 Å². The molecular weight excluding hydrogens is 404 g/mol. The van der Waals surface area contributed by atoms with Crippen LogP contribution in [0.15, 0.2) is 34.9 Å². The first kappa shape index (κ1) is 18.0. The molecule has 132 valence electrons. The number of thioether (sulfide) groups is 1. The molecule has 0 atom stereocenters. The van der Waals surface area contributed by atoms with Gasteiger partial charge in [-0.15, -0.1) is 0 Å².